The monoisotopic (exact) mass is 368 g/mol. The number of rotatable bonds is 2. The van der Waals surface area contributed by atoms with E-state index in [9.17, 15) is 9.18 Å². The Morgan fingerprint density at radius 3 is 2.67 bits per heavy atom. The lowest BCUT2D eigenvalue weighted by atomic mass is 9.72. The minimum Gasteiger partial charge on any atom is -0.346 e. The van der Waals surface area contributed by atoms with E-state index < -0.39 is 0 Å². The van der Waals surface area contributed by atoms with Gasteiger partial charge in [-0.1, -0.05) is 12.1 Å². The highest BCUT2D eigenvalue weighted by Crippen LogP contribution is 2.39. The summed E-state index contributed by atoms with van der Waals surface area (Å²) in [5.41, 5.74) is -0.0151. The number of benzene rings is 1. The maximum Gasteiger partial charge on any atom is 0.261 e. The normalized spacial score (nSPS) is 27.7. The van der Waals surface area contributed by atoms with Gasteiger partial charge in [0.1, 0.15) is 5.82 Å². The molecule has 24 heavy (non-hydrogen) atoms. The highest BCUT2D eigenvalue weighted by atomic mass is 35.5. The number of hydrogen-bond acceptors (Lipinski definition) is 3. The molecule has 2 bridgehead atoms. The van der Waals surface area contributed by atoms with Crippen molar-refractivity contribution in [1.82, 2.24) is 10.2 Å². The van der Waals surface area contributed by atoms with E-state index in [1.807, 2.05) is 6.07 Å². The lowest BCUT2D eigenvalue weighted by Crippen LogP contribution is -2.69. The van der Waals surface area contributed by atoms with E-state index in [4.69, 9.17) is 0 Å². The first-order valence-corrected chi connectivity index (χ1v) is 9.02. The molecule has 3 nitrogen and oxygen atoms in total. The number of amides is 1. The van der Waals surface area contributed by atoms with Crippen LogP contribution >= 0.6 is 23.7 Å². The van der Waals surface area contributed by atoms with Gasteiger partial charge in [0.05, 0.1) is 9.58 Å². The number of piperidine rings is 3. The number of carbonyl (C=O) groups is 1. The Bertz CT molecular complexity index is 767. The van der Waals surface area contributed by atoms with E-state index in [0.717, 1.165) is 31.3 Å². The number of nitrogens with zero attached hydrogens (tertiary/aromatic N) is 1. The van der Waals surface area contributed by atoms with Gasteiger partial charge in [-0.2, -0.15) is 0 Å². The number of carbonyl (C=O) groups excluding carboxylic acids is 1. The van der Waals surface area contributed by atoms with E-state index in [1.54, 1.807) is 12.1 Å². The highest BCUT2D eigenvalue weighted by Gasteiger charge is 2.48. The standard InChI is InChI=1S/C18H21FN2OS.ClH/c1-18(2)16(11-6-8-21(18)9-7-11)20-17(22)14-10-12-4-3-5-13(19)15(12)23-14;/h3-5,10-11,16H,6-9H2,1-2H3,(H,20,22);1H. The molecule has 0 saturated carbocycles. The highest BCUT2D eigenvalue weighted by molar-refractivity contribution is 7.20. The number of fused-ring (bicyclic) bond motifs is 4. The Hall–Kier alpha value is -1.17. The maximum atomic E-state index is 13.8. The molecule has 1 aromatic heterocycles. The second kappa shape index (κ2) is 6.28. The third kappa shape index (κ3) is 2.72. The van der Waals surface area contributed by atoms with Crippen LogP contribution in [0.25, 0.3) is 10.1 Å². The Morgan fingerprint density at radius 1 is 1.33 bits per heavy atom. The molecule has 1 N–H and O–H groups in total. The number of hydrogen-bond donors (Lipinski definition) is 1. The second-order valence-corrected chi connectivity index (χ2v) is 8.25. The van der Waals surface area contributed by atoms with Gasteiger partial charge >= 0.3 is 0 Å². The molecule has 1 aromatic carbocycles. The van der Waals surface area contributed by atoms with E-state index in [1.165, 1.54) is 17.4 Å². The zero-order valence-corrected chi connectivity index (χ0v) is 15.5. The second-order valence-electron chi connectivity index (χ2n) is 7.20. The third-order valence-corrected chi connectivity index (χ3v) is 6.75. The van der Waals surface area contributed by atoms with Crippen LogP contribution in [0.5, 0.6) is 0 Å². The molecule has 4 heterocycles. The average Bonchev–Trinajstić information content (AvgIpc) is 2.97. The third-order valence-electron chi connectivity index (χ3n) is 5.59. The summed E-state index contributed by atoms with van der Waals surface area (Å²) in [4.78, 5) is 15.8. The van der Waals surface area contributed by atoms with Crippen molar-refractivity contribution < 1.29 is 9.18 Å². The largest absolute Gasteiger partial charge is 0.346 e. The van der Waals surface area contributed by atoms with Gasteiger partial charge < -0.3 is 5.32 Å². The predicted octanol–water partition coefficient (Wildman–Crippen LogP) is 4.06. The summed E-state index contributed by atoms with van der Waals surface area (Å²) in [7, 11) is 0. The molecular formula is C18H22ClFN2OS. The summed E-state index contributed by atoms with van der Waals surface area (Å²) in [5.74, 6) is 0.220. The first-order valence-electron chi connectivity index (χ1n) is 8.21. The Kier molecular flexibility index (Phi) is 4.62. The first kappa shape index (κ1) is 17.6. The summed E-state index contributed by atoms with van der Waals surface area (Å²) >= 11 is 1.24. The van der Waals surface area contributed by atoms with E-state index in [2.05, 4.69) is 24.1 Å². The minimum absolute atomic E-state index is 0. The van der Waals surface area contributed by atoms with Gasteiger partial charge in [0.15, 0.2) is 0 Å². The van der Waals surface area contributed by atoms with Crippen molar-refractivity contribution in [2.75, 3.05) is 13.1 Å². The van der Waals surface area contributed by atoms with Crippen molar-refractivity contribution >= 4 is 39.7 Å². The predicted molar refractivity (Wildman–Crippen MR) is 98.7 cm³/mol. The molecule has 2 aromatic rings. The van der Waals surface area contributed by atoms with Crippen molar-refractivity contribution in [2.45, 2.75) is 38.3 Å². The van der Waals surface area contributed by atoms with Gasteiger partial charge in [-0.25, -0.2) is 4.39 Å². The Balaban J connectivity index is 0.00000169. The summed E-state index contributed by atoms with van der Waals surface area (Å²) in [5, 5.41) is 4.04. The van der Waals surface area contributed by atoms with Gasteiger partial charge in [-0.05, 0) is 63.2 Å². The van der Waals surface area contributed by atoms with E-state index >= 15 is 0 Å². The summed E-state index contributed by atoms with van der Waals surface area (Å²) in [6, 6.07) is 6.93. The van der Waals surface area contributed by atoms with Crippen LogP contribution in [-0.4, -0.2) is 35.5 Å². The summed E-state index contributed by atoms with van der Waals surface area (Å²) < 4.78 is 14.4. The smallest absolute Gasteiger partial charge is 0.261 e. The number of halogens is 2. The molecule has 0 spiro atoms. The topological polar surface area (TPSA) is 32.3 Å². The van der Waals surface area contributed by atoms with E-state index in [-0.39, 0.29) is 35.7 Å². The van der Waals surface area contributed by atoms with Gasteiger partial charge in [-0.15, -0.1) is 23.7 Å². The molecule has 1 amide bonds. The van der Waals surface area contributed by atoms with Crippen LogP contribution in [0.1, 0.15) is 36.4 Å². The van der Waals surface area contributed by atoms with Crippen molar-refractivity contribution in [1.29, 1.82) is 0 Å². The molecule has 5 rings (SSSR count). The molecule has 1 atom stereocenters. The van der Waals surface area contributed by atoms with Crippen LogP contribution in [0, 0.1) is 11.7 Å². The molecule has 0 aliphatic carbocycles. The van der Waals surface area contributed by atoms with Crippen molar-refractivity contribution in [2.24, 2.45) is 5.92 Å². The number of nitrogens with one attached hydrogen (secondary N) is 1. The minimum atomic E-state index is -0.255. The fourth-order valence-corrected chi connectivity index (χ4v) is 5.20. The van der Waals surface area contributed by atoms with Crippen LogP contribution in [-0.2, 0) is 0 Å². The van der Waals surface area contributed by atoms with Gasteiger partial charge in [-0.3, -0.25) is 9.69 Å². The molecule has 3 aliphatic heterocycles. The van der Waals surface area contributed by atoms with Crippen LogP contribution < -0.4 is 5.32 Å². The molecule has 1 unspecified atom stereocenters. The van der Waals surface area contributed by atoms with Crippen molar-refractivity contribution in [3.8, 4) is 0 Å². The van der Waals surface area contributed by atoms with Gasteiger partial charge in [0.2, 0.25) is 0 Å². The van der Waals surface area contributed by atoms with Gasteiger partial charge in [0, 0.05) is 11.6 Å². The average molecular weight is 369 g/mol. The molecular weight excluding hydrogens is 347 g/mol. The fourth-order valence-electron chi connectivity index (χ4n) is 4.23. The van der Waals surface area contributed by atoms with E-state index in [0.29, 0.717) is 15.5 Å². The molecule has 3 aliphatic rings. The van der Waals surface area contributed by atoms with Crippen molar-refractivity contribution in [3.05, 3.63) is 35.0 Å². The first-order chi connectivity index (χ1) is 11.0. The van der Waals surface area contributed by atoms with Crippen LogP contribution in [0.4, 0.5) is 4.39 Å². The SMILES string of the molecule is CC1(C)C(NC(=O)c2cc3cccc(F)c3s2)C2CCN1CC2.Cl. The quantitative estimate of drug-likeness (QED) is 0.866. The molecule has 6 heteroatoms. The Labute approximate surface area is 151 Å². The maximum absolute atomic E-state index is 13.8. The molecule has 3 saturated heterocycles. The summed E-state index contributed by atoms with van der Waals surface area (Å²) in [6.07, 6.45) is 2.30. The van der Waals surface area contributed by atoms with Crippen LogP contribution in [0.2, 0.25) is 0 Å². The van der Waals surface area contributed by atoms with Crippen LogP contribution in [0.15, 0.2) is 24.3 Å². The number of thiophene rings is 1. The molecule has 3 fully saturated rings. The van der Waals surface area contributed by atoms with Crippen molar-refractivity contribution in [3.63, 3.8) is 0 Å². The summed E-state index contributed by atoms with van der Waals surface area (Å²) in [6.45, 7) is 6.68. The lowest BCUT2D eigenvalue weighted by molar-refractivity contribution is -0.0377. The zero-order valence-electron chi connectivity index (χ0n) is 13.8. The zero-order chi connectivity index (χ0) is 16.2. The molecule has 0 radical (unpaired) electrons. The van der Waals surface area contributed by atoms with Gasteiger partial charge in [0.25, 0.3) is 5.91 Å². The molecule has 130 valence electrons. The lowest BCUT2D eigenvalue weighted by Gasteiger charge is -2.56. The van der Waals surface area contributed by atoms with Crippen LogP contribution in [0.3, 0.4) is 0 Å². The Morgan fingerprint density at radius 2 is 2.04 bits per heavy atom. The fraction of sp³-hybridized carbons (Fsp3) is 0.500.